The molecule has 0 spiro atoms. The van der Waals surface area contributed by atoms with Gasteiger partial charge in [0.25, 0.3) is 5.91 Å². The summed E-state index contributed by atoms with van der Waals surface area (Å²) < 4.78 is 18.5. The van der Waals surface area contributed by atoms with Crippen LogP contribution in [-0.2, 0) is 14.3 Å². The molecule has 1 fully saturated rings. The molecule has 0 bridgehead atoms. The van der Waals surface area contributed by atoms with Crippen molar-refractivity contribution in [2.24, 2.45) is 0 Å². The molecule has 2 amide bonds. The van der Waals surface area contributed by atoms with Crippen LogP contribution in [0.5, 0.6) is 0 Å². The molecule has 1 heterocycles. The van der Waals surface area contributed by atoms with Crippen LogP contribution in [0.4, 0.5) is 4.39 Å². The average molecular weight is 324 g/mol. The fourth-order valence-electron chi connectivity index (χ4n) is 2.23. The third-order valence-corrected chi connectivity index (χ3v) is 3.42. The van der Waals surface area contributed by atoms with E-state index in [0.717, 1.165) is 0 Å². The molecule has 1 aliphatic rings. The minimum Gasteiger partial charge on any atom is -0.479 e. The fraction of sp³-hybridized carbons (Fsp3) is 0.400. The summed E-state index contributed by atoms with van der Waals surface area (Å²) in [6.07, 6.45) is -1.12. The van der Waals surface area contributed by atoms with Gasteiger partial charge in [-0.25, -0.2) is 9.18 Å². The number of aliphatic carboxylic acids is 1. The van der Waals surface area contributed by atoms with Crippen molar-refractivity contribution < 1.29 is 28.6 Å². The Labute approximate surface area is 131 Å². The van der Waals surface area contributed by atoms with Gasteiger partial charge >= 0.3 is 5.97 Å². The minimum atomic E-state index is -1.09. The number of halogens is 1. The van der Waals surface area contributed by atoms with Gasteiger partial charge in [0.2, 0.25) is 5.91 Å². The topological polar surface area (TPSA) is 105 Å². The first-order valence-electron chi connectivity index (χ1n) is 7.17. The quantitative estimate of drug-likeness (QED) is 0.653. The number of benzene rings is 1. The number of carbonyl (C=O) groups excluding carboxylic acids is 2. The average Bonchev–Trinajstić information content (AvgIpc) is 3.02. The van der Waals surface area contributed by atoms with Crippen LogP contribution in [0.2, 0.25) is 0 Å². The smallest absolute Gasteiger partial charge is 0.332 e. The zero-order chi connectivity index (χ0) is 16.8. The van der Waals surface area contributed by atoms with E-state index in [1.54, 1.807) is 6.07 Å². The number of carboxylic acids is 1. The van der Waals surface area contributed by atoms with Gasteiger partial charge in [0.15, 0.2) is 6.10 Å². The molecular formula is C15H17FN2O5. The maximum atomic E-state index is 13.4. The lowest BCUT2D eigenvalue weighted by atomic mass is 10.2. The molecule has 23 heavy (non-hydrogen) atoms. The minimum absolute atomic E-state index is 0.0674. The Kier molecular flexibility index (Phi) is 5.64. The molecule has 0 unspecified atom stereocenters. The molecule has 7 nitrogen and oxygen atoms in total. The van der Waals surface area contributed by atoms with E-state index in [-0.39, 0.29) is 25.1 Å². The maximum Gasteiger partial charge on any atom is 0.332 e. The normalized spacial score (nSPS) is 20.0. The van der Waals surface area contributed by atoms with E-state index in [9.17, 15) is 18.8 Å². The molecule has 2 rings (SSSR count). The molecule has 124 valence electrons. The first-order valence-corrected chi connectivity index (χ1v) is 7.17. The summed E-state index contributed by atoms with van der Waals surface area (Å²) in [4.78, 5) is 34.2. The van der Waals surface area contributed by atoms with E-state index in [2.05, 4.69) is 10.6 Å². The summed E-state index contributed by atoms with van der Waals surface area (Å²) in [5.74, 6) is -2.69. The van der Waals surface area contributed by atoms with Crippen LogP contribution in [0, 0.1) is 5.82 Å². The summed E-state index contributed by atoms with van der Waals surface area (Å²) >= 11 is 0. The van der Waals surface area contributed by atoms with Crippen molar-refractivity contribution in [2.75, 3.05) is 13.1 Å². The zero-order valence-corrected chi connectivity index (χ0v) is 12.3. The lowest BCUT2D eigenvalue weighted by Gasteiger charge is -2.12. The molecule has 1 saturated heterocycles. The summed E-state index contributed by atoms with van der Waals surface area (Å²) in [6, 6.07) is 5.59. The lowest BCUT2D eigenvalue weighted by Crippen LogP contribution is -2.40. The van der Waals surface area contributed by atoms with Crippen LogP contribution in [0.25, 0.3) is 0 Å². The van der Waals surface area contributed by atoms with Gasteiger partial charge < -0.3 is 20.5 Å². The van der Waals surface area contributed by atoms with Gasteiger partial charge in [-0.2, -0.15) is 0 Å². The Morgan fingerprint density at radius 2 is 1.78 bits per heavy atom. The van der Waals surface area contributed by atoms with Crippen LogP contribution >= 0.6 is 0 Å². The van der Waals surface area contributed by atoms with E-state index < -0.39 is 35.8 Å². The van der Waals surface area contributed by atoms with E-state index in [1.165, 1.54) is 18.2 Å². The monoisotopic (exact) mass is 324 g/mol. The number of hydrogen-bond donors (Lipinski definition) is 3. The summed E-state index contributed by atoms with van der Waals surface area (Å²) in [5.41, 5.74) is -0.0674. The zero-order valence-electron chi connectivity index (χ0n) is 12.3. The van der Waals surface area contributed by atoms with Crippen LogP contribution in [0.1, 0.15) is 23.2 Å². The molecule has 0 aliphatic carbocycles. The second-order valence-corrected chi connectivity index (χ2v) is 5.06. The highest BCUT2D eigenvalue weighted by Gasteiger charge is 2.34. The first-order chi connectivity index (χ1) is 11.0. The number of hydrogen-bond acceptors (Lipinski definition) is 4. The Balaban J connectivity index is 1.69. The summed E-state index contributed by atoms with van der Waals surface area (Å²) in [5, 5.41) is 13.8. The Hall–Kier alpha value is -2.48. The molecule has 1 aromatic carbocycles. The second-order valence-electron chi connectivity index (χ2n) is 5.06. The molecule has 2 atom stereocenters. The van der Waals surface area contributed by atoms with E-state index in [1.807, 2.05) is 0 Å². The van der Waals surface area contributed by atoms with Crippen molar-refractivity contribution >= 4 is 17.8 Å². The van der Waals surface area contributed by atoms with Crippen molar-refractivity contribution in [2.45, 2.75) is 25.0 Å². The van der Waals surface area contributed by atoms with E-state index in [0.29, 0.717) is 6.42 Å². The Morgan fingerprint density at radius 1 is 1.13 bits per heavy atom. The number of rotatable bonds is 6. The number of amides is 2. The van der Waals surface area contributed by atoms with Gasteiger partial charge in [-0.3, -0.25) is 9.59 Å². The standard InChI is InChI=1S/C15H17FN2O5/c16-10-4-2-1-3-9(10)13(19)17-7-8-18-14(20)11-5-6-12(23-11)15(21)22/h1-4,11-12H,5-8H2,(H,17,19)(H,18,20)(H,21,22)/t11-,12+/m0/s1. The molecule has 3 N–H and O–H groups in total. The van der Waals surface area contributed by atoms with Gasteiger partial charge in [-0.05, 0) is 25.0 Å². The molecule has 8 heteroatoms. The van der Waals surface area contributed by atoms with E-state index in [4.69, 9.17) is 9.84 Å². The SMILES string of the molecule is O=C(NCCNC(=O)[C@@H]1CC[C@H](C(=O)O)O1)c1ccccc1F. The van der Waals surface area contributed by atoms with Gasteiger partial charge in [-0.15, -0.1) is 0 Å². The molecular weight excluding hydrogens is 307 g/mol. The predicted molar refractivity (Wildman–Crippen MR) is 77.3 cm³/mol. The van der Waals surface area contributed by atoms with Gasteiger partial charge in [-0.1, -0.05) is 12.1 Å². The van der Waals surface area contributed by atoms with Crippen molar-refractivity contribution in [1.82, 2.24) is 10.6 Å². The Morgan fingerprint density at radius 3 is 2.43 bits per heavy atom. The largest absolute Gasteiger partial charge is 0.479 e. The van der Waals surface area contributed by atoms with Crippen molar-refractivity contribution in [3.63, 3.8) is 0 Å². The lowest BCUT2D eigenvalue weighted by molar-refractivity contribution is -0.151. The van der Waals surface area contributed by atoms with E-state index >= 15 is 0 Å². The van der Waals surface area contributed by atoms with Crippen LogP contribution in [0.3, 0.4) is 0 Å². The fourth-order valence-corrected chi connectivity index (χ4v) is 2.23. The maximum absolute atomic E-state index is 13.4. The number of nitrogens with one attached hydrogen (secondary N) is 2. The third kappa shape index (κ3) is 4.49. The highest BCUT2D eigenvalue weighted by molar-refractivity contribution is 5.94. The highest BCUT2D eigenvalue weighted by Crippen LogP contribution is 2.19. The van der Waals surface area contributed by atoms with Crippen LogP contribution in [-0.4, -0.2) is 48.2 Å². The molecule has 0 saturated carbocycles. The first kappa shape index (κ1) is 16.9. The number of carbonyl (C=O) groups is 3. The molecule has 0 radical (unpaired) electrons. The number of ether oxygens (including phenoxy) is 1. The predicted octanol–water partition coefficient (Wildman–Crippen LogP) is 0.304. The Bertz CT molecular complexity index is 607. The van der Waals surface area contributed by atoms with Gasteiger partial charge in [0, 0.05) is 13.1 Å². The number of carboxylic acid groups (broad SMARTS) is 1. The van der Waals surface area contributed by atoms with Crippen molar-refractivity contribution in [3.05, 3.63) is 35.6 Å². The molecule has 1 aliphatic heterocycles. The highest BCUT2D eigenvalue weighted by atomic mass is 19.1. The van der Waals surface area contributed by atoms with Crippen LogP contribution in [0.15, 0.2) is 24.3 Å². The summed E-state index contributed by atoms with van der Waals surface area (Å²) in [7, 11) is 0. The van der Waals surface area contributed by atoms with Crippen LogP contribution < -0.4 is 10.6 Å². The van der Waals surface area contributed by atoms with Crippen molar-refractivity contribution in [3.8, 4) is 0 Å². The molecule has 0 aromatic heterocycles. The van der Waals surface area contributed by atoms with Gasteiger partial charge in [0.05, 0.1) is 5.56 Å². The second kappa shape index (κ2) is 7.68. The van der Waals surface area contributed by atoms with Crippen molar-refractivity contribution in [1.29, 1.82) is 0 Å². The molecule has 1 aromatic rings. The van der Waals surface area contributed by atoms with Gasteiger partial charge in [0.1, 0.15) is 11.9 Å². The summed E-state index contributed by atoms with van der Waals surface area (Å²) in [6.45, 7) is 0.255. The third-order valence-electron chi connectivity index (χ3n) is 3.42.